The van der Waals surface area contributed by atoms with E-state index in [1.54, 1.807) is 28.8 Å². The fraction of sp³-hybridized carbons (Fsp3) is 0.368. The van der Waals surface area contributed by atoms with Crippen LogP contribution in [-0.4, -0.2) is 54.0 Å². The smallest absolute Gasteiger partial charge is 0.283 e. The van der Waals surface area contributed by atoms with Crippen LogP contribution < -0.4 is 0 Å². The van der Waals surface area contributed by atoms with Crippen LogP contribution in [0, 0.1) is 13.8 Å². The van der Waals surface area contributed by atoms with E-state index in [2.05, 4.69) is 15.1 Å². The Kier molecular flexibility index (Phi) is 5.05. The lowest BCUT2D eigenvalue weighted by Crippen LogP contribution is -2.48. The van der Waals surface area contributed by atoms with Gasteiger partial charge in [0.2, 0.25) is 15.9 Å². The van der Waals surface area contributed by atoms with E-state index in [0.29, 0.717) is 55.2 Å². The Morgan fingerprint density at radius 3 is 2.54 bits per heavy atom. The molecule has 0 spiro atoms. The summed E-state index contributed by atoms with van der Waals surface area (Å²) >= 11 is 0. The Hall–Kier alpha value is -2.49. The van der Waals surface area contributed by atoms with Gasteiger partial charge in [0.1, 0.15) is 0 Å². The monoisotopic (exact) mass is 402 g/mol. The molecule has 0 atom stereocenters. The quantitative estimate of drug-likeness (QED) is 0.647. The molecule has 0 bridgehead atoms. The predicted molar refractivity (Wildman–Crippen MR) is 102 cm³/mol. The Morgan fingerprint density at radius 1 is 1.07 bits per heavy atom. The summed E-state index contributed by atoms with van der Waals surface area (Å²) in [5.41, 5.74) is 1.83. The predicted octanol–water partition coefficient (Wildman–Crippen LogP) is 2.45. The molecule has 2 aromatic heterocycles. The van der Waals surface area contributed by atoms with Gasteiger partial charge in [0, 0.05) is 26.2 Å². The van der Waals surface area contributed by atoms with E-state index in [0.717, 1.165) is 11.1 Å². The molecule has 28 heavy (non-hydrogen) atoms. The molecule has 1 aliphatic rings. The van der Waals surface area contributed by atoms with Gasteiger partial charge in [0.15, 0.2) is 5.76 Å². The average molecular weight is 402 g/mol. The summed E-state index contributed by atoms with van der Waals surface area (Å²) in [6.07, 6.45) is 1.55. The summed E-state index contributed by atoms with van der Waals surface area (Å²) in [5, 5.41) is 8.04. The van der Waals surface area contributed by atoms with Gasteiger partial charge < -0.3 is 8.83 Å². The highest BCUT2D eigenvalue weighted by atomic mass is 32.2. The number of sulfonamides is 1. The van der Waals surface area contributed by atoms with E-state index in [-0.39, 0.29) is 0 Å². The lowest BCUT2D eigenvalue weighted by molar-refractivity contribution is 0.168. The molecule has 4 rings (SSSR count). The van der Waals surface area contributed by atoms with Crippen molar-refractivity contribution in [2.75, 3.05) is 26.2 Å². The zero-order valence-corrected chi connectivity index (χ0v) is 16.6. The Labute approximate surface area is 163 Å². The van der Waals surface area contributed by atoms with Crippen molar-refractivity contribution < 1.29 is 17.3 Å². The minimum atomic E-state index is -3.49. The Balaban J connectivity index is 1.39. The number of furan rings is 1. The van der Waals surface area contributed by atoms with Gasteiger partial charge in [-0.3, -0.25) is 4.90 Å². The number of rotatable bonds is 5. The maximum atomic E-state index is 13.0. The van der Waals surface area contributed by atoms with E-state index in [4.69, 9.17) is 8.83 Å². The summed E-state index contributed by atoms with van der Waals surface area (Å²) in [7, 11) is -3.49. The number of hydrogen-bond donors (Lipinski definition) is 0. The number of nitrogens with zero attached hydrogens (tertiary/aromatic N) is 4. The third kappa shape index (κ3) is 3.73. The van der Waals surface area contributed by atoms with Gasteiger partial charge in [0.05, 0.1) is 17.7 Å². The maximum absolute atomic E-state index is 13.0. The first-order valence-electron chi connectivity index (χ1n) is 9.09. The van der Waals surface area contributed by atoms with Crippen molar-refractivity contribution in [1.82, 2.24) is 19.4 Å². The maximum Gasteiger partial charge on any atom is 0.283 e. The molecule has 148 valence electrons. The molecular formula is C19H22N4O4S. The Bertz CT molecular complexity index is 1050. The zero-order valence-electron chi connectivity index (χ0n) is 15.8. The van der Waals surface area contributed by atoms with Crippen molar-refractivity contribution in [3.63, 3.8) is 0 Å². The van der Waals surface area contributed by atoms with Crippen LogP contribution in [0.2, 0.25) is 0 Å². The lowest BCUT2D eigenvalue weighted by Gasteiger charge is -2.33. The largest absolute Gasteiger partial charge is 0.459 e. The van der Waals surface area contributed by atoms with Crippen molar-refractivity contribution in [1.29, 1.82) is 0 Å². The third-order valence-corrected chi connectivity index (χ3v) is 6.90. The molecule has 0 N–H and O–H groups in total. The number of benzene rings is 1. The average Bonchev–Trinajstić information content (AvgIpc) is 3.33. The van der Waals surface area contributed by atoms with Gasteiger partial charge in [-0.15, -0.1) is 10.2 Å². The van der Waals surface area contributed by atoms with Gasteiger partial charge in [-0.2, -0.15) is 4.31 Å². The fourth-order valence-corrected chi connectivity index (χ4v) is 4.99. The van der Waals surface area contributed by atoms with Crippen LogP contribution in [0.1, 0.15) is 17.0 Å². The minimum Gasteiger partial charge on any atom is -0.459 e. The third-order valence-electron chi connectivity index (χ3n) is 4.84. The molecule has 0 amide bonds. The topological polar surface area (TPSA) is 92.7 Å². The van der Waals surface area contributed by atoms with Crippen molar-refractivity contribution in [3.05, 3.63) is 53.6 Å². The van der Waals surface area contributed by atoms with Gasteiger partial charge in [-0.1, -0.05) is 17.7 Å². The van der Waals surface area contributed by atoms with Crippen LogP contribution >= 0.6 is 0 Å². The molecular weight excluding hydrogens is 380 g/mol. The first-order valence-corrected chi connectivity index (χ1v) is 10.5. The van der Waals surface area contributed by atoms with E-state index in [9.17, 15) is 8.42 Å². The molecule has 0 radical (unpaired) electrons. The van der Waals surface area contributed by atoms with Gasteiger partial charge in [-0.05, 0) is 37.6 Å². The molecule has 8 nitrogen and oxygen atoms in total. The van der Waals surface area contributed by atoms with Crippen LogP contribution in [0.4, 0.5) is 0 Å². The summed E-state index contributed by atoms with van der Waals surface area (Å²) < 4.78 is 38.4. The van der Waals surface area contributed by atoms with Crippen molar-refractivity contribution >= 4 is 10.0 Å². The highest BCUT2D eigenvalue weighted by Crippen LogP contribution is 2.23. The molecule has 9 heteroatoms. The van der Waals surface area contributed by atoms with Crippen LogP contribution in [0.5, 0.6) is 0 Å². The molecule has 3 aromatic rings. The van der Waals surface area contributed by atoms with Crippen molar-refractivity contribution in [2.24, 2.45) is 0 Å². The van der Waals surface area contributed by atoms with Crippen LogP contribution in [0.15, 0.2) is 50.3 Å². The van der Waals surface area contributed by atoms with E-state index < -0.39 is 10.0 Å². The first kappa shape index (κ1) is 18.9. The van der Waals surface area contributed by atoms with Gasteiger partial charge >= 0.3 is 0 Å². The van der Waals surface area contributed by atoms with E-state index in [1.165, 1.54) is 0 Å². The second-order valence-electron chi connectivity index (χ2n) is 6.93. The zero-order chi connectivity index (χ0) is 19.7. The standard InChI is InChI=1S/C19H22N4O4S/c1-14-5-6-17(15(2)12-14)28(24,25)23-9-7-22(8-10-23)13-18-20-21-19(27-18)16-4-3-11-26-16/h3-6,11-12H,7-10,13H2,1-2H3. The molecule has 0 unspecified atom stereocenters. The molecule has 1 aromatic carbocycles. The van der Waals surface area contributed by atoms with Crippen LogP contribution in [0.25, 0.3) is 11.7 Å². The summed E-state index contributed by atoms with van der Waals surface area (Å²) in [6.45, 7) is 6.32. The second-order valence-corrected chi connectivity index (χ2v) is 8.83. The van der Waals surface area contributed by atoms with Gasteiger partial charge in [0.25, 0.3) is 5.89 Å². The normalized spacial score (nSPS) is 16.5. The van der Waals surface area contributed by atoms with Crippen molar-refractivity contribution in [3.8, 4) is 11.7 Å². The number of aromatic nitrogens is 2. The molecule has 0 saturated carbocycles. The minimum absolute atomic E-state index is 0.344. The number of piperazine rings is 1. The van der Waals surface area contributed by atoms with Crippen LogP contribution in [-0.2, 0) is 16.6 Å². The molecule has 0 aliphatic carbocycles. The Morgan fingerprint density at radius 2 is 1.86 bits per heavy atom. The molecule has 1 fully saturated rings. The second kappa shape index (κ2) is 7.50. The summed E-state index contributed by atoms with van der Waals surface area (Å²) in [4.78, 5) is 2.49. The number of hydrogen-bond acceptors (Lipinski definition) is 7. The molecule has 1 aliphatic heterocycles. The van der Waals surface area contributed by atoms with E-state index >= 15 is 0 Å². The molecule has 1 saturated heterocycles. The van der Waals surface area contributed by atoms with Gasteiger partial charge in [-0.25, -0.2) is 8.42 Å². The van der Waals surface area contributed by atoms with Crippen LogP contribution in [0.3, 0.4) is 0 Å². The van der Waals surface area contributed by atoms with Crippen molar-refractivity contribution in [2.45, 2.75) is 25.3 Å². The summed E-state index contributed by atoms with van der Waals surface area (Å²) in [6, 6.07) is 8.95. The highest BCUT2D eigenvalue weighted by Gasteiger charge is 2.30. The molecule has 3 heterocycles. The summed E-state index contributed by atoms with van der Waals surface area (Å²) in [5.74, 6) is 1.36. The lowest BCUT2D eigenvalue weighted by atomic mass is 10.2. The number of aryl methyl sites for hydroxylation is 2. The highest BCUT2D eigenvalue weighted by molar-refractivity contribution is 7.89. The fourth-order valence-electron chi connectivity index (χ4n) is 3.36. The first-order chi connectivity index (χ1) is 13.4. The van der Waals surface area contributed by atoms with E-state index in [1.807, 2.05) is 26.0 Å². The SMILES string of the molecule is Cc1ccc(S(=O)(=O)N2CCN(Cc3nnc(-c4ccco4)o3)CC2)c(C)c1.